The highest BCUT2D eigenvalue weighted by Crippen LogP contribution is 2.07. The molecule has 4 N–H and O–H groups in total. The molecule has 1 saturated heterocycles. The van der Waals surface area contributed by atoms with E-state index in [1.165, 1.54) is 6.33 Å². The van der Waals surface area contributed by atoms with Crippen molar-refractivity contribution < 1.29 is 28.7 Å². The smallest absolute Gasteiger partial charge is 0.246 e. The minimum absolute atomic E-state index is 0.00501. The van der Waals surface area contributed by atoms with Crippen LogP contribution in [-0.4, -0.2) is 98.2 Å². The Morgan fingerprint density at radius 2 is 1.69 bits per heavy atom. The summed E-state index contributed by atoms with van der Waals surface area (Å²) in [6.45, 7) is 1.36. The topological polar surface area (TPSA) is 196 Å². The molecule has 0 saturated carbocycles. The number of carbonyl (C=O) groups is 4. The molecule has 48 heavy (non-hydrogen) atoms. The maximum absolute atomic E-state index is 13.7. The van der Waals surface area contributed by atoms with Crippen molar-refractivity contribution >= 4 is 23.6 Å². The highest BCUT2D eigenvalue weighted by atomic mass is 16.5. The van der Waals surface area contributed by atoms with Gasteiger partial charge in [0.15, 0.2) is 0 Å². The van der Waals surface area contributed by atoms with Gasteiger partial charge in [0.1, 0.15) is 25.2 Å². The largest absolute Gasteiger partial charge is 0.377 e. The highest BCUT2D eigenvalue weighted by Gasteiger charge is 2.29. The number of pyridine rings is 1. The highest BCUT2D eigenvalue weighted by molar-refractivity contribution is 5.92. The zero-order valence-electron chi connectivity index (χ0n) is 26.3. The lowest BCUT2D eigenvalue weighted by Gasteiger charge is -2.22. The van der Waals surface area contributed by atoms with Gasteiger partial charge in [-0.05, 0) is 17.2 Å². The molecule has 1 aromatic carbocycles. The Labute approximate surface area is 276 Å². The Kier molecular flexibility index (Phi) is 12.3. The van der Waals surface area contributed by atoms with E-state index < -0.39 is 29.8 Å². The van der Waals surface area contributed by atoms with Gasteiger partial charge in [-0.15, -0.1) is 5.10 Å². The number of imidazole rings is 1. The van der Waals surface area contributed by atoms with Gasteiger partial charge < -0.3 is 35.3 Å². The fourth-order valence-corrected chi connectivity index (χ4v) is 4.90. The van der Waals surface area contributed by atoms with Crippen LogP contribution in [0.1, 0.15) is 22.5 Å². The van der Waals surface area contributed by atoms with Gasteiger partial charge in [0.25, 0.3) is 0 Å². The average Bonchev–Trinajstić information content (AvgIpc) is 3.73. The summed E-state index contributed by atoms with van der Waals surface area (Å²) in [6, 6.07) is 11.1. The van der Waals surface area contributed by atoms with Gasteiger partial charge in [0.2, 0.25) is 23.6 Å². The first-order valence-electron chi connectivity index (χ1n) is 15.5. The number of ether oxygens (including phenoxy) is 2. The van der Waals surface area contributed by atoms with E-state index in [4.69, 9.17) is 9.47 Å². The minimum Gasteiger partial charge on any atom is -0.377 e. The van der Waals surface area contributed by atoms with Gasteiger partial charge in [-0.25, -0.2) is 9.67 Å². The predicted molar refractivity (Wildman–Crippen MR) is 170 cm³/mol. The first kappa shape index (κ1) is 33.9. The van der Waals surface area contributed by atoms with Crippen LogP contribution >= 0.6 is 0 Å². The van der Waals surface area contributed by atoms with Crippen LogP contribution < -0.4 is 21.3 Å². The molecule has 252 valence electrons. The molecule has 2 unspecified atom stereocenters. The second kappa shape index (κ2) is 17.4. The number of nitrogens with one attached hydrogen (secondary N) is 4. The molecule has 1 fully saturated rings. The Morgan fingerprint density at radius 3 is 2.52 bits per heavy atom. The third kappa shape index (κ3) is 10.8. The van der Waals surface area contributed by atoms with Crippen LogP contribution in [-0.2, 0) is 61.1 Å². The zero-order valence-corrected chi connectivity index (χ0v) is 26.3. The van der Waals surface area contributed by atoms with Crippen molar-refractivity contribution in [3.63, 3.8) is 0 Å². The number of amides is 4. The van der Waals surface area contributed by atoms with Crippen LogP contribution in [0.4, 0.5) is 0 Å². The van der Waals surface area contributed by atoms with Gasteiger partial charge in [-0.1, -0.05) is 41.6 Å². The maximum atomic E-state index is 13.7. The predicted octanol–water partition coefficient (Wildman–Crippen LogP) is -0.848. The van der Waals surface area contributed by atoms with E-state index in [1.807, 2.05) is 42.5 Å². The number of carbonyl (C=O) groups excluding carboxylic acids is 4. The van der Waals surface area contributed by atoms with Gasteiger partial charge in [-0.2, -0.15) is 0 Å². The third-order valence-corrected chi connectivity index (χ3v) is 7.26. The van der Waals surface area contributed by atoms with E-state index in [-0.39, 0.29) is 58.3 Å². The van der Waals surface area contributed by atoms with Gasteiger partial charge in [0, 0.05) is 50.7 Å². The Morgan fingerprint density at radius 1 is 0.896 bits per heavy atom. The number of aromatic nitrogens is 6. The van der Waals surface area contributed by atoms with Gasteiger partial charge in [-0.3, -0.25) is 24.2 Å². The fourth-order valence-electron chi connectivity index (χ4n) is 4.90. The number of benzene rings is 1. The van der Waals surface area contributed by atoms with Crippen LogP contribution in [0.2, 0.25) is 0 Å². The van der Waals surface area contributed by atoms with Crippen molar-refractivity contribution in [1.29, 1.82) is 0 Å². The molecule has 4 heterocycles. The molecule has 3 aromatic heterocycles. The summed E-state index contributed by atoms with van der Waals surface area (Å²) in [5, 5.41) is 19.5. The Bertz CT molecular complexity index is 1640. The second-order valence-electron chi connectivity index (χ2n) is 11.1. The van der Waals surface area contributed by atoms with Gasteiger partial charge >= 0.3 is 0 Å². The molecular formula is C32H38N10O6. The number of rotatable bonds is 10. The Balaban J connectivity index is 1.26. The van der Waals surface area contributed by atoms with Crippen molar-refractivity contribution in [2.45, 2.75) is 44.6 Å². The number of hydrogen-bond donors (Lipinski definition) is 4. The molecule has 5 rings (SSSR count). The number of hydrogen-bond acceptors (Lipinski definition) is 10. The molecule has 2 atom stereocenters. The van der Waals surface area contributed by atoms with Crippen molar-refractivity contribution in [2.75, 3.05) is 33.0 Å². The molecule has 4 aromatic rings. The second-order valence-corrected chi connectivity index (χ2v) is 11.1. The lowest BCUT2D eigenvalue weighted by molar-refractivity contribution is -0.133. The SMILES string of the molecule is O=C(Cn1cnc(CC2NC(=O)COCCOCCNC(=O)C(Cc3cn(Cc4cccnc4)nn3)NC2=O)c1)NCc1ccccc1. The van der Waals surface area contributed by atoms with E-state index in [0.29, 0.717) is 24.5 Å². The standard InChI is InChI=1S/C32H38N10O6/c43-29(35-16-23-5-2-1-3-6-23)20-41-18-25(36-22-41)13-28-32(46)38-27(31(45)34-9-10-47-11-12-48-21-30(44)37-28)14-26-19-42(40-39-26)17-24-7-4-8-33-15-24/h1-8,15,18-19,22,27-28H,9-14,16-17,20-21H2,(H,34,45)(H,35,43)(H,37,44)(H,38,46). The lowest BCUT2D eigenvalue weighted by atomic mass is 10.1. The van der Waals surface area contributed by atoms with Crippen molar-refractivity contribution in [2.24, 2.45) is 0 Å². The minimum atomic E-state index is -1.10. The van der Waals surface area contributed by atoms with E-state index in [2.05, 4.69) is 41.5 Å². The van der Waals surface area contributed by atoms with E-state index in [0.717, 1.165) is 11.1 Å². The van der Waals surface area contributed by atoms with E-state index >= 15 is 0 Å². The molecular weight excluding hydrogens is 620 g/mol. The van der Waals surface area contributed by atoms with Crippen LogP contribution in [0.3, 0.4) is 0 Å². The van der Waals surface area contributed by atoms with Crippen LogP contribution in [0.5, 0.6) is 0 Å². The van der Waals surface area contributed by atoms with E-state index in [9.17, 15) is 19.2 Å². The molecule has 1 aliphatic heterocycles. The molecule has 0 bridgehead atoms. The normalized spacial score (nSPS) is 18.1. The first-order valence-corrected chi connectivity index (χ1v) is 15.5. The van der Waals surface area contributed by atoms with Crippen LogP contribution in [0.25, 0.3) is 0 Å². The van der Waals surface area contributed by atoms with E-state index in [1.54, 1.807) is 34.0 Å². The average molecular weight is 659 g/mol. The molecule has 0 aliphatic carbocycles. The summed E-state index contributed by atoms with van der Waals surface area (Å²) in [5.74, 6) is -1.79. The van der Waals surface area contributed by atoms with Crippen molar-refractivity contribution in [3.8, 4) is 0 Å². The van der Waals surface area contributed by atoms with Crippen molar-refractivity contribution in [1.82, 2.24) is 50.8 Å². The maximum Gasteiger partial charge on any atom is 0.246 e. The van der Waals surface area contributed by atoms with Gasteiger partial charge in [0.05, 0.1) is 44.1 Å². The van der Waals surface area contributed by atoms with Crippen LogP contribution in [0, 0.1) is 0 Å². The lowest BCUT2D eigenvalue weighted by Crippen LogP contribution is -2.55. The summed E-state index contributed by atoms with van der Waals surface area (Å²) >= 11 is 0. The Hall–Kier alpha value is -5.48. The molecule has 1 aliphatic rings. The van der Waals surface area contributed by atoms with Crippen molar-refractivity contribution in [3.05, 3.63) is 96.1 Å². The molecule has 16 heteroatoms. The monoisotopic (exact) mass is 658 g/mol. The summed E-state index contributed by atoms with van der Waals surface area (Å²) in [4.78, 5) is 60.7. The molecule has 16 nitrogen and oxygen atoms in total. The van der Waals surface area contributed by atoms with Crippen LogP contribution in [0.15, 0.2) is 73.6 Å². The first-order chi connectivity index (χ1) is 23.4. The number of nitrogens with zero attached hydrogens (tertiary/aromatic N) is 6. The summed E-state index contributed by atoms with van der Waals surface area (Å²) < 4.78 is 14.1. The fraction of sp³-hybridized carbons (Fsp3) is 0.375. The zero-order chi connectivity index (χ0) is 33.6. The summed E-state index contributed by atoms with van der Waals surface area (Å²) in [7, 11) is 0. The summed E-state index contributed by atoms with van der Waals surface area (Å²) in [5.41, 5.74) is 2.83. The molecule has 0 spiro atoms. The quantitative estimate of drug-likeness (QED) is 0.167. The molecule has 4 amide bonds. The summed E-state index contributed by atoms with van der Waals surface area (Å²) in [6.07, 6.45) is 8.26. The third-order valence-electron chi connectivity index (χ3n) is 7.26. The molecule has 0 radical (unpaired) electrons.